The van der Waals surface area contributed by atoms with E-state index < -0.39 is 0 Å². The van der Waals surface area contributed by atoms with Gasteiger partial charge in [0.15, 0.2) is 0 Å². The monoisotopic (exact) mass is 286 g/mol. The van der Waals surface area contributed by atoms with E-state index in [4.69, 9.17) is 0 Å². The van der Waals surface area contributed by atoms with Crippen molar-refractivity contribution >= 4 is 11.8 Å². The molecule has 0 spiro atoms. The van der Waals surface area contributed by atoms with E-state index in [0.717, 1.165) is 6.54 Å². The highest BCUT2D eigenvalue weighted by Crippen LogP contribution is 2.30. The lowest BCUT2D eigenvalue weighted by molar-refractivity contribution is 0.276. The highest BCUT2D eigenvalue weighted by atomic mass is 32.2. The quantitative estimate of drug-likeness (QED) is 0.748. The molecule has 0 radical (unpaired) electrons. The van der Waals surface area contributed by atoms with Crippen LogP contribution in [0.25, 0.3) is 0 Å². The van der Waals surface area contributed by atoms with E-state index in [-0.39, 0.29) is 5.54 Å². The van der Waals surface area contributed by atoms with E-state index in [1.54, 1.807) is 0 Å². The van der Waals surface area contributed by atoms with E-state index in [1.807, 2.05) is 0 Å². The molecule has 114 valence electrons. The van der Waals surface area contributed by atoms with Gasteiger partial charge in [-0.15, -0.1) is 0 Å². The van der Waals surface area contributed by atoms with Crippen molar-refractivity contribution < 1.29 is 0 Å². The topological polar surface area (TPSA) is 15.3 Å². The number of nitrogens with zero attached hydrogens (tertiary/aromatic N) is 1. The summed E-state index contributed by atoms with van der Waals surface area (Å²) in [5.41, 5.74) is 0.271. The van der Waals surface area contributed by atoms with Gasteiger partial charge in [0.25, 0.3) is 0 Å². The van der Waals surface area contributed by atoms with E-state index in [2.05, 4.69) is 56.6 Å². The Morgan fingerprint density at radius 2 is 1.84 bits per heavy atom. The summed E-state index contributed by atoms with van der Waals surface area (Å²) >= 11 is 2.14. The zero-order chi connectivity index (χ0) is 14.4. The zero-order valence-electron chi connectivity index (χ0n) is 13.7. The van der Waals surface area contributed by atoms with Gasteiger partial charge in [-0.05, 0) is 59.7 Å². The number of unbranched alkanes of at least 4 members (excludes halogenated alkanes) is 2. The molecule has 0 saturated carbocycles. The van der Waals surface area contributed by atoms with Gasteiger partial charge < -0.3 is 10.2 Å². The van der Waals surface area contributed by atoms with Crippen LogP contribution in [0.4, 0.5) is 0 Å². The van der Waals surface area contributed by atoms with Gasteiger partial charge in [0, 0.05) is 22.6 Å². The predicted octanol–water partition coefficient (Wildman–Crippen LogP) is 3.76. The second-order valence-electron chi connectivity index (χ2n) is 7.44. The molecule has 1 N–H and O–H groups in total. The Bertz CT molecular complexity index is 246. The van der Waals surface area contributed by atoms with Crippen molar-refractivity contribution in [2.75, 3.05) is 31.9 Å². The number of rotatable bonds is 6. The Balaban J connectivity index is 2.03. The summed E-state index contributed by atoms with van der Waals surface area (Å²) in [5, 5.41) is 3.56. The number of hydrogen-bond acceptors (Lipinski definition) is 3. The highest BCUT2D eigenvalue weighted by Gasteiger charge is 2.23. The molecule has 2 nitrogen and oxygen atoms in total. The fraction of sp³-hybridized carbons (Fsp3) is 1.00. The van der Waals surface area contributed by atoms with Crippen LogP contribution in [0.5, 0.6) is 0 Å². The van der Waals surface area contributed by atoms with E-state index >= 15 is 0 Å². The molecule has 0 aromatic heterocycles. The van der Waals surface area contributed by atoms with Crippen molar-refractivity contribution in [1.29, 1.82) is 0 Å². The van der Waals surface area contributed by atoms with Crippen molar-refractivity contribution in [1.82, 2.24) is 10.2 Å². The molecular weight excluding hydrogens is 252 g/mol. The van der Waals surface area contributed by atoms with Gasteiger partial charge in [-0.25, -0.2) is 0 Å². The first-order chi connectivity index (χ1) is 8.79. The minimum absolute atomic E-state index is 0.271. The first kappa shape index (κ1) is 17.3. The van der Waals surface area contributed by atoms with Crippen LogP contribution in [0.3, 0.4) is 0 Å². The number of thioether (sulfide) groups is 1. The van der Waals surface area contributed by atoms with Gasteiger partial charge >= 0.3 is 0 Å². The van der Waals surface area contributed by atoms with Gasteiger partial charge in [-0.1, -0.05) is 20.3 Å². The maximum Gasteiger partial charge on any atom is 0.0116 e. The maximum atomic E-state index is 3.56. The molecule has 19 heavy (non-hydrogen) atoms. The third-order valence-electron chi connectivity index (χ3n) is 3.74. The molecule has 1 fully saturated rings. The molecule has 0 aromatic rings. The Labute approximate surface area is 125 Å². The van der Waals surface area contributed by atoms with Crippen LogP contribution in [0.15, 0.2) is 0 Å². The zero-order valence-corrected chi connectivity index (χ0v) is 14.5. The van der Waals surface area contributed by atoms with E-state index in [9.17, 15) is 0 Å². The lowest BCUT2D eigenvalue weighted by Crippen LogP contribution is -2.36. The average molecular weight is 287 g/mol. The Morgan fingerprint density at radius 1 is 1.11 bits per heavy atom. The van der Waals surface area contributed by atoms with Gasteiger partial charge in [0.05, 0.1) is 0 Å². The summed E-state index contributed by atoms with van der Waals surface area (Å²) in [4.78, 5) is 2.67. The summed E-state index contributed by atoms with van der Waals surface area (Å²) < 4.78 is 0.491. The summed E-state index contributed by atoms with van der Waals surface area (Å²) in [7, 11) is 0. The van der Waals surface area contributed by atoms with Crippen molar-refractivity contribution in [3.63, 3.8) is 0 Å². The minimum Gasteiger partial charge on any atom is -0.312 e. The smallest absolute Gasteiger partial charge is 0.0116 e. The van der Waals surface area contributed by atoms with Crippen LogP contribution in [0.2, 0.25) is 0 Å². The summed E-state index contributed by atoms with van der Waals surface area (Å²) in [6, 6.07) is 0. The number of nitrogens with one attached hydrogen (secondary N) is 1. The molecule has 0 bridgehead atoms. The van der Waals surface area contributed by atoms with E-state index in [1.165, 1.54) is 51.1 Å². The van der Waals surface area contributed by atoms with Gasteiger partial charge in [0.1, 0.15) is 0 Å². The normalized spacial score (nSPS) is 21.3. The third-order valence-corrected chi connectivity index (χ3v) is 5.11. The van der Waals surface area contributed by atoms with Gasteiger partial charge in [-0.2, -0.15) is 11.8 Å². The van der Waals surface area contributed by atoms with Crippen molar-refractivity contribution in [2.24, 2.45) is 0 Å². The second-order valence-corrected chi connectivity index (χ2v) is 9.24. The summed E-state index contributed by atoms with van der Waals surface area (Å²) in [6.07, 6.45) is 5.36. The molecular formula is C16H34N2S. The number of hydrogen-bond donors (Lipinski definition) is 1. The first-order valence-electron chi connectivity index (χ1n) is 7.90. The summed E-state index contributed by atoms with van der Waals surface area (Å²) in [6.45, 7) is 16.5. The van der Waals surface area contributed by atoms with Crippen molar-refractivity contribution in [3.05, 3.63) is 0 Å². The largest absolute Gasteiger partial charge is 0.312 e. The third kappa shape index (κ3) is 8.93. The SMILES string of the molecule is CC(C)(C)NCCCCCN1CCSC(C)(C)CC1. The highest BCUT2D eigenvalue weighted by molar-refractivity contribution is 8.00. The standard InChI is InChI=1S/C16H34N2S/c1-15(2,3)17-10-7-6-8-11-18-12-9-16(4,5)19-14-13-18/h17H,6-14H2,1-5H3. The first-order valence-corrected chi connectivity index (χ1v) is 8.88. The van der Waals surface area contributed by atoms with Crippen LogP contribution >= 0.6 is 11.8 Å². The van der Waals surface area contributed by atoms with Crippen LogP contribution in [0, 0.1) is 0 Å². The molecule has 0 unspecified atom stereocenters. The Hall–Kier alpha value is 0.270. The minimum atomic E-state index is 0.271. The van der Waals surface area contributed by atoms with Crippen LogP contribution in [-0.4, -0.2) is 47.1 Å². The maximum absolute atomic E-state index is 3.56. The average Bonchev–Trinajstić information content (AvgIpc) is 2.43. The Kier molecular flexibility index (Phi) is 7.20. The molecule has 3 heteroatoms. The molecule has 0 amide bonds. The molecule has 1 aliphatic rings. The lowest BCUT2D eigenvalue weighted by atomic mass is 10.1. The van der Waals surface area contributed by atoms with Crippen molar-refractivity contribution in [3.8, 4) is 0 Å². The molecule has 0 aliphatic carbocycles. The fourth-order valence-corrected chi connectivity index (χ4v) is 3.52. The van der Waals surface area contributed by atoms with Gasteiger partial charge in [0.2, 0.25) is 0 Å². The van der Waals surface area contributed by atoms with Crippen LogP contribution in [0.1, 0.15) is 60.3 Å². The van der Waals surface area contributed by atoms with Crippen molar-refractivity contribution in [2.45, 2.75) is 70.6 Å². The second kappa shape index (κ2) is 7.90. The van der Waals surface area contributed by atoms with Gasteiger partial charge in [-0.3, -0.25) is 0 Å². The predicted molar refractivity (Wildman–Crippen MR) is 89.2 cm³/mol. The molecule has 0 aromatic carbocycles. The van der Waals surface area contributed by atoms with E-state index in [0.29, 0.717) is 4.75 Å². The summed E-state index contributed by atoms with van der Waals surface area (Å²) in [5.74, 6) is 1.30. The Morgan fingerprint density at radius 3 is 2.53 bits per heavy atom. The molecule has 1 heterocycles. The van der Waals surface area contributed by atoms with Crippen LogP contribution < -0.4 is 5.32 Å². The lowest BCUT2D eigenvalue weighted by Gasteiger charge is -2.23. The molecule has 1 rings (SSSR count). The molecule has 0 atom stereocenters. The molecule has 1 aliphatic heterocycles. The van der Waals surface area contributed by atoms with Crippen LogP contribution in [-0.2, 0) is 0 Å². The molecule has 1 saturated heterocycles. The fourth-order valence-electron chi connectivity index (χ4n) is 2.39.